The summed E-state index contributed by atoms with van der Waals surface area (Å²) in [4.78, 5) is 12.3. The Morgan fingerprint density at radius 2 is 2.04 bits per heavy atom. The lowest BCUT2D eigenvalue weighted by Crippen LogP contribution is -2.47. The van der Waals surface area contributed by atoms with Gasteiger partial charge in [0.05, 0.1) is 18.8 Å². The number of urea groups is 1. The molecule has 2 N–H and O–H groups in total. The zero-order chi connectivity index (χ0) is 16.9. The van der Waals surface area contributed by atoms with E-state index in [0.29, 0.717) is 12.7 Å². The third-order valence-corrected chi connectivity index (χ3v) is 4.84. The lowest BCUT2D eigenvalue weighted by molar-refractivity contribution is -0.00917. The van der Waals surface area contributed by atoms with Gasteiger partial charge in [-0.25, -0.2) is 4.79 Å². The monoisotopic (exact) mass is 332 g/mol. The van der Waals surface area contributed by atoms with E-state index in [1.807, 2.05) is 38.1 Å². The number of hydrogen-bond acceptors (Lipinski definition) is 3. The lowest BCUT2D eigenvalue weighted by atomic mass is 10.0. The highest BCUT2D eigenvalue weighted by Gasteiger charge is 2.36. The summed E-state index contributed by atoms with van der Waals surface area (Å²) < 4.78 is 11.3. The van der Waals surface area contributed by atoms with Crippen molar-refractivity contribution in [2.24, 2.45) is 5.92 Å². The summed E-state index contributed by atoms with van der Waals surface area (Å²) in [6.07, 6.45) is 4.73. The SMILES string of the molecule is CCOc1ccc([C@H](C)NC(=O)N[C@@H]2CCO[C@H](C3CC3)C2)cc1. The van der Waals surface area contributed by atoms with Crippen LogP contribution in [-0.4, -0.2) is 31.4 Å². The molecule has 2 fully saturated rings. The molecule has 1 aliphatic heterocycles. The first-order chi connectivity index (χ1) is 11.7. The summed E-state index contributed by atoms with van der Waals surface area (Å²) in [5, 5.41) is 6.13. The Morgan fingerprint density at radius 3 is 2.71 bits per heavy atom. The number of nitrogens with one attached hydrogen (secondary N) is 2. The summed E-state index contributed by atoms with van der Waals surface area (Å²) >= 11 is 0. The molecule has 1 aromatic rings. The average molecular weight is 332 g/mol. The fourth-order valence-corrected chi connectivity index (χ4v) is 3.28. The number of benzene rings is 1. The molecule has 5 heteroatoms. The van der Waals surface area contributed by atoms with Gasteiger partial charge >= 0.3 is 6.03 Å². The van der Waals surface area contributed by atoms with E-state index in [-0.39, 0.29) is 18.1 Å². The molecule has 1 heterocycles. The van der Waals surface area contributed by atoms with Crippen LogP contribution in [-0.2, 0) is 4.74 Å². The Labute approximate surface area is 144 Å². The molecule has 0 aromatic heterocycles. The predicted octanol–water partition coefficient (Wildman–Crippen LogP) is 3.40. The minimum atomic E-state index is -0.0992. The van der Waals surface area contributed by atoms with E-state index >= 15 is 0 Å². The first kappa shape index (κ1) is 17.1. The molecule has 0 radical (unpaired) electrons. The Bertz CT molecular complexity index is 542. The Kier molecular flexibility index (Phi) is 5.61. The van der Waals surface area contributed by atoms with Crippen molar-refractivity contribution in [3.8, 4) is 5.75 Å². The van der Waals surface area contributed by atoms with Crippen molar-refractivity contribution in [1.29, 1.82) is 0 Å². The Morgan fingerprint density at radius 1 is 1.29 bits per heavy atom. The Balaban J connectivity index is 1.46. The quantitative estimate of drug-likeness (QED) is 0.839. The van der Waals surface area contributed by atoms with Crippen LogP contribution in [0.1, 0.15) is 51.1 Å². The number of hydrogen-bond donors (Lipinski definition) is 2. The summed E-state index contributed by atoms with van der Waals surface area (Å²) in [7, 11) is 0. The molecule has 1 saturated heterocycles. The maximum Gasteiger partial charge on any atom is 0.315 e. The van der Waals surface area contributed by atoms with Crippen LogP contribution < -0.4 is 15.4 Å². The lowest BCUT2D eigenvalue weighted by Gasteiger charge is -2.30. The molecule has 3 atom stereocenters. The molecule has 1 aliphatic carbocycles. The van der Waals surface area contributed by atoms with Gasteiger partial charge in [0.2, 0.25) is 0 Å². The van der Waals surface area contributed by atoms with Crippen molar-refractivity contribution in [1.82, 2.24) is 10.6 Å². The number of rotatable bonds is 6. The van der Waals surface area contributed by atoms with Gasteiger partial charge in [-0.15, -0.1) is 0 Å². The van der Waals surface area contributed by atoms with Crippen molar-refractivity contribution in [2.45, 2.75) is 57.7 Å². The molecule has 1 saturated carbocycles. The van der Waals surface area contributed by atoms with Gasteiger partial charge < -0.3 is 20.1 Å². The minimum absolute atomic E-state index is 0.0419. The molecule has 0 unspecified atom stereocenters. The molecule has 0 bridgehead atoms. The molecule has 24 heavy (non-hydrogen) atoms. The van der Waals surface area contributed by atoms with E-state index in [0.717, 1.165) is 36.7 Å². The molecular weight excluding hydrogens is 304 g/mol. The molecule has 2 amide bonds. The van der Waals surface area contributed by atoms with Crippen LogP contribution in [0.2, 0.25) is 0 Å². The number of amides is 2. The second-order valence-corrected chi connectivity index (χ2v) is 6.81. The third-order valence-electron chi connectivity index (χ3n) is 4.84. The summed E-state index contributed by atoms with van der Waals surface area (Å²) in [6, 6.07) is 7.94. The average Bonchev–Trinajstić information content (AvgIpc) is 3.41. The normalized spacial score (nSPS) is 24.9. The number of ether oxygens (including phenoxy) is 2. The Hall–Kier alpha value is -1.75. The predicted molar refractivity (Wildman–Crippen MR) is 93.2 cm³/mol. The molecule has 132 valence electrons. The zero-order valence-electron chi connectivity index (χ0n) is 14.6. The van der Waals surface area contributed by atoms with Crippen LogP contribution in [0.5, 0.6) is 5.75 Å². The second kappa shape index (κ2) is 7.88. The summed E-state index contributed by atoms with van der Waals surface area (Å²) in [5.74, 6) is 1.58. The van der Waals surface area contributed by atoms with Crippen molar-refractivity contribution < 1.29 is 14.3 Å². The van der Waals surface area contributed by atoms with E-state index in [4.69, 9.17) is 9.47 Å². The van der Waals surface area contributed by atoms with Crippen LogP contribution in [0.3, 0.4) is 0 Å². The maximum atomic E-state index is 12.3. The topological polar surface area (TPSA) is 59.6 Å². The molecule has 3 rings (SSSR count). The summed E-state index contributed by atoms with van der Waals surface area (Å²) in [5.41, 5.74) is 1.07. The second-order valence-electron chi connectivity index (χ2n) is 6.81. The first-order valence-electron chi connectivity index (χ1n) is 9.07. The van der Waals surface area contributed by atoms with E-state index in [2.05, 4.69) is 10.6 Å². The molecule has 5 nitrogen and oxygen atoms in total. The highest BCUT2D eigenvalue weighted by molar-refractivity contribution is 5.74. The van der Waals surface area contributed by atoms with Crippen molar-refractivity contribution in [3.05, 3.63) is 29.8 Å². The summed E-state index contributed by atoms with van der Waals surface area (Å²) in [6.45, 7) is 5.36. The van der Waals surface area contributed by atoms with Crippen LogP contribution in [0, 0.1) is 5.92 Å². The molecule has 2 aliphatic rings. The van der Waals surface area contributed by atoms with Gasteiger partial charge in [-0.3, -0.25) is 0 Å². The largest absolute Gasteiger partial charge is 0.494 e. The van der Waals surface area contributed by atoms with Crippen LogP contribution >= 0.6 is 0 Å². The smallest absolute Gasteiger partial charge is 0.315 e. The van der Waals surface area contributed by atoms with Gasteiger partial charge in [-0.2, -0.15) is 0 Å². The molecule has 1 aromatic carbocycles. The number of carbonyl (C=O) groups is 1. The van der Waals surface area contributed by atoms with Crippen molar-refractivity contribution in [3.63, 3.8) is 0 Å². The van der Waals surface area contributed by atoms with Crippen LogP contribution in [0.4, 0.5) is 4.79 Å². The van der Waals surface area contributed by atoms with Crippen molar-refractivity contribution in [2.75, 3.05) is 13.2 Å². The van der Waals surface area contributed by atoms with E-state index in [9.17, 15) is 4.79 Å². The van der Waals surface area contributed by atoms with Crippen LogP contribution in [0.25, 0.3) is 0 Å². The van der Waals surface area contributed by atoms with Gasteiger partial charge in [0.1, 0.15) is 5.75 Å². The van der Waals surface area contributed by atoms with E-state index in [1.54, 1.807) is 0 Å². The maximum absolute atomic E-state index is 12.3. The van der Waals surface area contributed by atoms with Gasteiger partial charge in [0, 0.05) is 12.6 Å². The minimum Gasteiger partial charge on any atom is -0.494 e. The van der Waals surface area contributed by atoms with Gasteiger partial charge in [0.15, 0.2) is 0 Å². The van der Waals surface area contributed by atoms with Gasteiger partial charge in [0.25, 0.3) is 0 Å². The van der Waals surface area contributed by atoms with E-state index < -0.39 is 0 Å². The fourth-order valence-electron chi connectivity index (χ4n) is 3.28. The standard InChI is InChI=1S/C19H28N2O3/c1-3-23-17-8-6-14(7-9-17)13(2)20-19(22)21-16-10-11-24-18(12-16)15-4-5-15/h6-9,13,15-16,18H,3-5,10-12H2,1-2H3,(H2,20,21,22)/t13-,16+,18-/m0/s1. The van der Waals surface area contributed by atoms with Gasteiger partial charge in [-0.05, 0) is 63.1 Å². The van der Waals surface area contributed by atoms with E-state index in [1.165, 1.54) is 12.8 Å². The number of carbonyl (C=O) groups excluding carboxylic acids is 1. The van der Waals surface area contributed by atoms with Gasteiger partial charge in [-0.1, -0.05) is 12.1 Å². The highest BCUT2D eigenvalue weighted by atomic mass is 16.5. The highest BCUT2D eigenvalue weighted by Crippen LogP contribution is 2.38. The fraction of sp³-hybridized carbons (Fsp3) is 0.632. The zero-order valence-corrected chi connectivity index (χ0v) is 14.6. The molecular formula is C19H28N2O3. The van der Waals surface area contributed by atoms with Crippen LogP contribution in [0.15, 0.2) is 24.3 Å². The first-order valence-corrected chi connectivity index (χ1v) is 9.07. The third kappa shape index (κ3) is 4.63. The van der Waals surface area contributed by atoms with Crippen molar-refractivity contribution >= 4 is 6.03 Å². The molecule has 0 spiro atoms.